The van der Waals surface area contributed by atoms with Gasteiger partial charge in [0.25, 0.3) is 5.91 Å². The van der Waals surface area contributed by atoms with Crippen LogP contribution in [0.3, 0.4) is 0 Å². The summed E-state index contributed by atoms with van der Waals surface area (Å²) in [5, 5.41) is 9.36. The number of esters is 1. The molecule has 8 heteroatoms. The Morgan fingerprint density at radius 3 is 2.26 bits per heavy atom. The van der Waals surface area contributed by atoms with E-state index < -0.39 is 18.0 Å². The quantitative estimate of drug-likeness (QED) is 0.378. The molecule has 0 fully saturated rings. The fourth-order valence-electron chi connectivity index (χ4n) is 3.94. The summed E-state index contributed by atoms with van der Waals surface area (Å²) in [6.07, 6.45) is -1.18. The number of ketones is 2. The summed E-state index contributed by atoms with van der Waals surface area (Å²) in [7, 11) is 0. The number of aromatic nitrogens is 2. The Bertz CT molecular complexity index is 1490. The van der Waals surface area contributed by atoms with Crippen LogP contribution in [0.15, 0.2) is 78.9 Å². The molecule has 0 saturated carbocycles. The molecule has 0 bridgehead atoms. The number of amides is 1. The van der Waals surface area contributed by atoms with E-state index in [0.717, 1.165) is 5.56 Å². The molecule has 1 atom stereocenters. The van der Waals surface area contributed by atoms with Crippen LogP contribution >= 0.6 is 0 Å². The molecule has 0 radical (unpaired) electrons. The number of nitrogens with one attached hydrogen (secondary N) is 2. The third-order valence-corrected chi connectivity index (χ3v) is 5.73. The summed E-state index contributed by atoms with van der Waals surface area (Å²) >= 11 is 0. The van der Waals surface area contributed by atoms with Crippen molar-refractivity contribution < 1.29 is 23.9 Å². The van der Waals surface area contributed by atoms with E-state index in [-0.39, 0.29) is 39.6 Å². The van der Waals surface area contributed by atoms with Crippen LogP contribution in [0.25, 0.3) is 11.3 Å². The molecule has 3 aromatic carbocycles. The molecule has 0 saturated heterocycles. The second-order valence-corrected chi connectivity index (χ2v) is 8.00. The van der Waals surface area contributed by atoms with Gasteiger partial charge in [0.05, 0.1) is 16.9 Å². The van der Waals surface area contributed by atoms with Crippen molar-refractivity contribution in [1.29, 1.82) is 0 Å². The Kier molecular flexibility index (Phi) is 5.54. The van der Waals surface area contributed by atoms with E-state index in [0.29, 0.717) is 11.3 Å². The summed E-state index contributed by atoms with van der Waals surface area (Å²) in [6, 6.07) is 22.0. The molecule has 0 aliphatic heterocycles. The topological polar surface area (TPSA) is 118 Å². The number of hydrogen-bond donors (Lipinski definition) is 2. The van der Waals surface area contributed by atoms with Gasteiger partial charge in [0, 0.05) is 22.3 Å². The molecule has 5 rings (SSSR count). The number of nitrogens with zero attached hydrogens (tertiary/aromatic N) is 1. The van der Waals surface area contributed by atoms with Gasteiger partial charge in [0.15, 0.2) is 17.7 Å². The van der Waals surface area contributed by atoms with Crippen molar-refractivity contribution in [2.75, 3.05) is 5.32 Å². The highest BCUT2D eigenvalue weighted by Crippen LogP contribution is 2.32. The number of benzene rings is 3. The Hall–Kier alpha value is -4.85. The maximum absolute atomic E-state index is 13.1. The summed E-state index contributed by atoms with van der Waals surface area (Å²) in [5.41, 5.74) is 2.59. The fraction of sp³-hybridized carbons (Fsp3) is 0.0741. The Morgan fingerprint density at radius 2 is 1.51 bits per heavy atom. The molecule has 1 aliphatic rings. The van der Waals surface area contributed by atoms with Gasteiger partial charge in [-0.1, -0.05) is 66.7 Å². The largest absolute Gasteiger partial charge is 0.448 e. The molecule has 4 aromatic rings. The molecule has 1 unspecified atom stereocenters. The van der Waals surface area contributed by atoms with E-state index in [1.807, 2.05) is 30.3 Å². The zero-order valence-electron chi connectivity index (χ0n) is 18.6. The predicted octanol–water partition coefficient (Wildman–Crippen LogP) is 4.04. The number of hydrogen-bond acceptors (Lipinski definition) is 6. The normalized spacial score (nSPS) is 12.9. The number of carbonyl (C=O) groups is 4. The van der Waals surface area contributed by atoms with E-state index in [9.17, 15) is 19.2 Å². The zero-order chi connectivity index (χ0) is 24.5. The first-order valence-electron chi connectivity index (χ1n) is 10.9. The molecular weight excluding hydrogens is 446 g/mol. The van der Waals surface area contributed by atoms with Gasteiger partial charge in [0.1, 0.15) is 5.69 Å². The third kappa shape index (κ3) is 4.02. The first kappa shape index (κ1) is 22.0. The second-order valence-electron chi connectivity index (χ2n) is 8.00. The molecule has 1 aliphatic carbocycles. The number of fused-ring (bicyclic) bond motifs is 2. The predicted molar refractivity (Wildman–Crippen MR) is 127 cm³/mol. The number of rotatable bonds is 5. The number of H-pyrrole nitrogens is 1. The lowest BCUT2D eigenvalue weighted by Crippen LogP contribution is -2.31. The summed E-state index contributed by atoms with van der Waals surface area (Å²) in [4.78, 5) is 51.4. The van der Waals surface area contributed by atoms with E-state index in [1.54, 1.807) is 36.4 Å². The van der Waals surface area contributed by atoms with E-state index in [2.05, 4.69) is 15.5 Å². The molecular formula is C27H19N3O5. The number of ether oxygens (including phenoxy) is 1. The molecule has 8 nitrogen and oxygen atoms in total. The van der Waals surface area contributed by atoms with Crippen LogP contribution < -0.4 is 5.32 Å². The second kappa shape index (κ2) is 8.83. The van der Waals surface area contributed by atoms with Crippen molar-refractivity contribution in [3.05, 3.63) is 107 Å². The average Bonchev–Trinajstić information content (AvgIpc) is 3.38. The van der Waals surface area contributed by atoms with Crippen LogP contribution in [-0.2, 0) is 9.53 Å². The van der Waals surface area contributed by atoms with E-state index >= 15 is 0 Å². The minimum absolute atomic E-state index is 0.0953. The molecule has 35 heavy (non-hydrogen) atoms. The van der Waals surface area contributed by atoms with Gasteiger partial charge < -0.3 is 10.1 Å². The number of anilines is 1. The highest BCUT2D eigenvalue weighted by Gasteiger charge is 2.32. The number of carbonyl (C=O) groups excluding carboxylic acids is 4. The van der Waals surface area contributed by atoms with Gasteiger partial charge in [-0.3, -0.25) is 19.5 Å². The minimum Gasteiger partial charge on any atom is -0.448 e. The average molecular weight is 465 g/mol. The highest BCUT2D eigenvalue weighted by molar-refractivity contribution is 6.30. The molecule has 0 spiro atoms. The molecule has 1 heterocycles. The van der Waals surface area contributed by atoms with Gasteiger partial charge in [-0.2, -0.15) is 5.10 Å². The van der Waals surface area contributed by atoms with Crippen LogP contribution in [0, 0.1) is 0 Å². The lowest BCUT2D eigenvalue weighted by Gasteiger charge is -2.21. The maximum Gasteiger partial charge on any atom is 0.357 e. The molecule has 1 aromatic heterocycles. The Balaban J connectivity index is 1.32. The monoisotopic (exact) mass is 465 g/mol. The number of aromatic amines is 1. The van der Waals surface area contributed by atoms with Crippen molar-refractivity contribution in [3.8, 4) is 11.3 Å². The van der Waals surface area contributed by atoms with Crippen LogP contribution in [0.5, 0.6) is 0 Å². The van der Waals surface area contributed by atoms with Crippen LogP contribution in [0.2, 0.25) is 0 Å². The van der Waals surface area contributed by atoms with Crippen LogP contribution in [-0.4, -0.2) is 39.7 Å². The Morgan fingerprint density at radius 1 is 0.857 bits per heavy atom. The molecule has 172 valence electrons. The van der Waals surface area contributed by atoms with Gasteiger partial charge in [0.2, 0.25) is 0 Å². The van der Waals surface area contributed by atoms with Gasteiger partial charge >= 0.3 is 5.97 Å². The van der Waals surface area contributed by atoms with Gasteiger partial charge in [-0.05, 0) is 19.1 Å². The standard InChI is InChI=1S/C27H19N3O5/c1-15(35-27(34)22-14-21(29-30-22)16-8-3-2-4-9-16)26(33)28-20-13-7-12-19-23(20)25(32)18-11-6-5-10-17(18)24(19)31/h2-15H,1H3,(H,28,33)(H,29,30). The molecule has 2 N–H and O–H groups in total. The third-order valence-electron chi connectivity index (χ3n) is 5.73. The summed E-state index contributed by atoms with van der Waals surface area (Å²) in [5.74, 6) is -2.05. The van der Waals surface area contributed by atoms with Gasteiger partial charge in [-0.25, -0.2) is 4.79 Å². The summed E-state index contributed by atoms with van der Waals surface area (Å²) < 4.78 is 5.29. The van der Waals surface area contributed by atoms with E-state index in [1.165, 1.54) is 19.1 Å². The summed E-state index contributed by atoms with van der Waals surface area (Å²) in [6.45, 7) is 1.42. The van der Waals surface area contributed by atoms with Crippen molar-refractivity contribution in [2.45, 2.75) is 13.0 Å². The van der Waals surface area contributed by atoms with Crippen molar-refractivity contribution >= 4 is 29.1 Å². The lowest BCUT2D eigenvalue weighted by molar-refractivity contribution is -0.123. The minimum atomic E-state index is -1.18. The zero-order valence-corrected chi connectivity index (χ0v) is 18.6. The first-order valence-corrected chi connectivity index (χ1v) is 10.9. The van der Waals surface area contributed by atoms with E-state index in [4.69, 9.17) is 4.74 Å². The smallest absolute Gasteiger partial charge is 0.357 e. The van der Waals surface area contributed by atoms with Gasteiger partial charge in [-0.15, -0.1) is 0 Å². The fourth-order valence-corrected chi connectivity index (χ4v) is 3.94. The Labute approximate surface area is 199 Å². The van der Waals surface area contributed by atoms with Crippen molar-refractivity contribution in [2.24, 2.45) is 0 Å². The van der Waals surface area contributed by atoms with Crippen molar-refractivity contribution in [1.82, 2.24) is 10.2 Å². The van der Waals surface area contributed by atoms with Crippen LogP contribution in [0.1, 0.15) is 49.3 Å². The van der Waals surface area contributed by atoms with Crippen molar-refractivity contribution in [3.63, 3.8) is 0 Å². The maximum atomic E-state index is 13.1. The molecule has 1 amide bonds. The first-order chi connectivity index (χ1) is 16.9. The highest BCUT2D eigenvalue weighted by atomic mass is 16.5. The SMILES string of the molecule is CC(OC(=O)c1cc(-c2ccccc2)n[nH]1)C(=O)Nc1cccc2c1C(=O)c1ccccc1C2=O. The lowest BCUT2D eigenvalue weighted by atomic mass is 9.83. The van der Waals surface area contributed by atoms with Crippen LogP contribution in [0.4, 0.5) is 5.69 Å².